The van der Waals surface area contributed by atoms with Crippen LogP contribution in [0.25, 0.3) is 0 Å². The Kier molecular flexibility index (Phi) is 4.54. The third kappa shape index (κ3) is 4.09. The van der Waals surface area contributed by atoms with Crippen molar-refractivity contribution in [2.75, 3.05) is 0 Å². The second kappa shape index (κ2) is 5.39. The van der Waals surface area contributed by atoms with Gasteiger partial charge in [-0.1, -0.05) is 0 Å². The summed E-state index contributed by atoms with van der Waals surface area (Å²) in [4.78, 5) is 10.9. The molecule has 0 fully saturated rings. The summed E-state index contributed by atoms with van der Waals surface area (Å²) < 4.78 is 38.2. The zero-order valence-corrected chi connectivity index (χ0v) is 13.2. The number of carboxylic acids is 1. The van der Waals surface area contributed by atoms with Crippen LogP contribution < -0.4 is 4.16 Å². The molecule has 0 bridgehead atoms. The molecule has 6 heteroatoms. The molecule has 0 saturated heterocycles. The van der Waals surface area contributed by atoms with Gasteiger partial charge in [0.1, 0.15) is 0 Å². The maximum atomic E-state index is 12.5. The monoisotopic (exact) mass is 310 g/mol. The van der Waals surface area contributed by atoms with Gasteiger partial charge in [0.05, 0.1) is 0 Å². The van der Waals surface area contributed by atoms with Crippen molar-refractivity contribution < 1.29 is 40.2 Å². The first kappa shape index (κ1) is 15.2. The molecule has 0 heterocycles. The van der Waals surface area contributed by atoms with Crippen LogP contribution in [-0.2, 0) is 28.1 Å². The molecule has 0 radical (unpaired) electrons. The van der Waals surface area contributed by atoms with E-state index >= 15 is 0 Å². The predicted molar refractivity (Wildman–Crippen MR) is 57.3 cm³/mol. The SMILES string of the molecule is CC(C)([CH2][Zn][c]1cccc(C(F)(F)F)c1)C(=O)O. The second-order valence-corrected chi connectivity index (χ2v) is 8.70. The minimum atomic E-state index is -4.33. The van der Waals surface area contributed by atoms with Crippen molar-refractivity contribution in [3.8, 4) is 0 Å². The van der Waals surface area contributed by atoms with Crippen LogP contribution >= 0.6 is 0 Å². The summed E-state index contributed by atoms with van der Waals surface area (Å²) in [6, 6.07) is 5.23. The van der Waals surface area contributed by atoms with Crippen LogP contribution in [0.15, 0.2) is 24.3 Å². The molecule has 0 saturated carbocycles. The molecule has 2 nitrogen and oxygen atoms in total. The number of halogens is 3. The summed E-state index contributed by atoms with van der Waals surface area (Å²) in [6.45, 7) is 3.21. The van der Waals surface area contributed by atoms with Gasteiger partial charge in [0, 0.05) is 0 Å². The van der Waals surface area contributed by atoms with Crippen LogP contribution in [0.5, 0.6) is 0 Å². The molecule has 1 rings (SSSR count). The van der Waals surface area contributed by atoms with Crippen molar-refractivity contribution in [2.24, 2.45) is 5.41 Å². The minimum absolute atomic E-state index is 0.483. The first-order valence-corrected chi connectivity index (χ1v) is 9.10. The fraction of sp³-hybridized carbons (Fsp3) is 0.417. The number of carboxylic acid groups (broad SMARTS) is 1. The molecule has 0 unspecified atom stereocenters. The number of hydrogen-bond acceptors (Lipinski definition) is 1. The first-order chi connectivity index (χ1) is 8.13. The van der Waals surface area contributed by atoms with Crippen LogP contribution in [0.1, 0.15) is 19.4 Å². The van der Waals surface area contributed by atoms with E-state index in [1.54, 1.807) is 19.9 Å². The fourth-order valence-corrected chi connectivity index (χ4v) is 5.23. The molecule has 1 aromatic carbocycles. The van der Waals surface area contributed by atoms with Crippen molar-refractivity contribution in [3.05, 3.63) is 29.8 Å². The van der Waals surface area contributed by atoms with E-state index in [9.17, 15) is 18.0 Å². The number of aliphatic carboxylic acids is 1. The summed E-state index contributed by atoms with van der Waals surface area (Å²) in [5.41, 5.74) is -1.51. The zero-order valence-electron chi connectivity index (χ0n) is 10.2. The molecule has 0 aliphatic rings. The van der Waals surface area contributed by atoms with E-state index in [1.165, 1.54) is 6.07 Å². The molecule has 96 valence electrons. The first-order valence-electron chi connectivity index (χ1n) is 5.52. The van der Waals surface area contributed by atoms with Crippen LogP contribution in [0, 0.1) is 5.41 Å². The number of hydrogen-bond donors (Lipinski definition) is 1. The van der Waals surface area contributed by atoms with Gasteiger partial charge in [-0.2, -0.15) is 0 Å². The molecule has 18 heavy (non-hydrogen) atoms. The summed E-state index contributed by atoms with van der Waals surface area (Å²) in [5.74, 6) is -0.903. The summed E-state index contributed by atoms with van der Waals surface area (Å²) in [7, 11) is 0. The van der Waals surface area contributed by atoms with Crippen molar-refractivity contribution in [2.45, 2.75) is 25.0 Å². The normalized spacial score (nSPS) is 12.1. The van der Waals surface area contributed by atoms with Gasteiger partial charge < -0.3 is 0 Å². The van der Waals surface area contributed by atoms with Crippen LogP contribution in [0.2, 0.25) is 5.02 Å². The van der Waals surface area contributed by atoms with E-state index in [1.807, 2.05) is 0 Å². The van der Waals surface area contributed by atoms with Crippen molar-refractivity contribution >= 4 is 10.1 Å². The van der Waals surface area contributed by atoms with Gasteiger partial charge in [-0.3, -0.25) is 0 Å². The summed E-state index contributed by atoms with van der Waals surface area (Å²) in [6.07, 6.45) is -4.33. The van der Waals surface area contributed by atoms with Crippen molar-refractivity contribution in [3.63, 3.8) is 0 Å². The average molecular weight is 312 g/mol. The molecular formula is C12H13F3O2Zn. The van der Waals surface area contributed by atoms with Gasteiger partial charge in [0.15, 0.2) is 0 Å². The Morgan fingerprint density at radius 1 is 1.33 bits per heavy atom. The molecule has 0 aromatic heterocycles. The molecule has 1 N–H and O–H groups in total. The second-order valence-electron chi connectivity index (χ2n) is 4.89. The van der Waals surface area contributed by atoms with E-state index in [4.69, 9.17) is 5.11 Å². The Bertz CT molecular complexity index is 441. The quantitative estimate of drug-likeness (QED) is 0.868. The molecule has 0 atom stereocenters. The van der Waals surface area contributed by atoms with E-state index in [-0.39, 0.29) is 0 Å². The van der Waals surface area contributed by atoms with Crippen molar-refractivity contribution in [1.82, 2.24) is 0 Å². The van der Waals surface area contributed by atoms with E-state index < -0.39 is 40.3 Å². The molecule has 0 amide bonds. The van der Waals surface area contributed by atoms with Gasteiger partial charge in [-0.15, -0.1) is 0 Å². The fourth-order valence-electron chi connectivity index (χ4n) is 1.47. The standard InChI is InChI=1S/C7H4F3.C5H9O2.Zn/c8-7(9,10)6-4-2-1-3-5-6;1-5(2,3)4(6)7;/h1-2,4-5H;1H2,2-3H3,(H,6,7);. The van der Waals surface area contributed by atoms with Gasteiger partial charge in [0.2, 0.25) is 0 Å². The van der Waals surface area contributed by atoms with E-state index in [0.29, 0.717) is 9.17 Å². The zero-order chi connectivity index (χ0) is 14.0. The Labute approximate surface area is 111 Å². The predicted octanol–water partition coefficient (Wildman–Crippen LogP) is 2.94. The Morgan fingerprint density at radius 3 is 2.44 bits per heavy atom. The molecule has 0 aliphatic heterocycles. The Hall–Kier alpha value is -0.897. The summed E-state index contributed by atoms with van der Waals surface area (Å²) in [5, 5.41) is 9.44. The Balaban J connectivity index is 2.78. The third-order valence-electron chi connectivity index (χ3n) is 2.87. The molecule has 1 aromatic rings. The number of alkyl halides is 3. The summed E-state index contributed by atoms with van der Waals surface area (Å²) >= 11 is -1.48. The Morgan fingerprint density at radius 2 is 1.94 bits per heavy atom. The van der Waals surface area contributed by atoms with Gasteiger partial charge in [-0.05, 0) is 0 Å². The number of rotatable bonds is 4. The third-order valence-corrected chi connectivity index (χ3v) is 8.15. The molecular weight excluding hydrogens is 299 g/mol. The molecule has 0 aliphatic carbocycles. The van der Waals surface area contributed by atoms with E-state index in [2.05, 4.69) is 0 Å². The van der Waals surface area contributed by atoms with Crippen LogP contribution in [0.4, 0.5) is 13.2 Å². The maximum absolute atomic E-state index is 12.5. The molecule has 0 spiro atoms. The van der Waals surface area contributed by atoms with Gasteiger partial charge in [0.25, 0.3) is 0 Å². The number of carbonyl (C=O) groups is 1. The van der Waals surface area contributed by atoms with Crippen LogP contribution in [-0.4, -0.2) is 11.1 Å². The topological polar surface area (TPSA) is 37.3 Å². The van der Waals surface area contributed by atoms with E-state index in [0.717, 1.165) is 12.1 Å². The van der Waals surface area contributed by atoms with Crippen LogP contribution in [0.3, 0.4) is 0 Å². The van der Waals surface area contributed by atoms with Crippen molar-refractivity contribution in [1.29, 1.82) is 0 Å². The van der Waals surface area contributed by atoms with Gasteiger partial charge in [-0.25, -0.2) is 0 Å². The van der Waals surface area contributed by atoms with Gasteiger partial charge >= 0.3 is 111 Å². The average Bonchev–Trinajstić information content (AvgIpc) is 2.25. The number of benzene rings is 1.